The molecule has 1 heterocycles. The predicted molar refractivity (Wildman–Crippen MR) is 134 cm³/mol. The van der Waals surface area contributed by atoms with Crippen molar-refractivity contribution in [1.29, 1.82) is 0 Å². The SMILES string of the molecule is CCN(CC)CCN(C(=O)C(c1ccccc1)c1ccccc1)c1nc2c(F)cc(F)cc2s1. The van der Waals surface area contributed by atoms with E-state index in [1.54, 1.807) is 4.90 Å². The molecule has 0 bridgehead atoms. The van der Waals surface area contributed by atoms with E-state index in [9.17, 15) is 13.6 Å². The van der Waals surface area contributed by atoms with Gasteiger partial charge in [0.2, 0.25) is 5.91 Å². The van der Waals surface area contributed by atoms with Crippen LogP contribution in [-0.2, 0) is 4.79 Å². The second-order valence-corrected chi connectivity index (χ2v) is 9.01. The summed E-state index contributed by atoms with van der Waals surface area (Å²) in [6.45, 7) is 6.87. The van der Waals surface area contributed by atoms with Crippen LogP contribution in [0.3, 0.4) is 0 Å². The lowest BCUT2D eigenvalue weighted by Crippen LogP contribution is -2.41. The number of anilines is 1. The van der Waals surface area contributed by atoms with Crippen molar-refractivity contribution in [3.05, 3.63) is 95.6 Å². The lowest BCUT2D eigenvalue weighted by Gasteiger charge is -2.28. The molecule has 4 aromatic rings. The Bertz CT molecular complexity index is 1200. The molecule has 0 unspecified atom stereocenters. The van der Waals surface area contributed by atoms with Crippen LogP contribution in [0.4, 0.5) is 13.9 Å². The van der Waals surface area contributed by atoms with Gasteiger partial charge in [0.15, 0.2) is 10.9 Å². The Balaban J connectivity index is 1.79. The molecule has 0 fully saturated rings. The standard InChI is InChI=1S/C27H27F2N3OS/c1-3-31(4-2)15-16-32(27-30-25-22(29)17-21(28)18-23(25)34-27)26(33)24(19-11-7-5-8-12-19)20-13-9-6-10-14-20/h5-14,17-18,24H,3-4,15-16H2,1-2H3. The van der Waals surface area contributed by atoms with E-state index in [0.29, 0.717) is 22.9 Å². The first-order valence-corrected chi connectivity index (χ1v) is 12.2. The maximum absolute atomic E-state index is 14.4. The van der Waals surface area contributed by atoms with E-state index in [1.807, 2.05) is 60.7 Å². The van der Waals surface area contributed by atoms with Crippen LogP contribution in [0.1, 0.15) is 30.9 Å². The molecular weight excluding hydrogens is 452 g/mol. The average molecular weight is 480 g/mol. The predicted octanol–water partition coefficient (Wildman–Crippen LogP) is 6.08. The molecule has 7 heteroatoms. The fourth-order valence-electron chi connectivity index (χ4n) is 4.07. The molecule has 0 aliphatic carbocycles. The van der Waals surface area contributed by atoms with Crippen molar-refractivity contribution in [2.45, 2.75) is 19.8 Å². The third kappa shape index (κ3) is 5.16. The van der Waals surface area contributed by atoms with Crippen LogP contribution in [-0.4, -0.2) is 42.0 Å². The quantitative estimate of drug-likeness (QED) is 0.292. The molecule has 0 saturated carbocycles. The Morgan fingerprint density at radius 2 is 1.50 bits per heavy atom. The number of carbonyl (C=O) groups excluding carboxylic acids is 1. The molecule has 34 heavy (non-hydrogen) atoms. The van der Waals surface area contributed by atoms with Gasteiger partial charge in [-0.25, -0.2) is 13.8 Å². The van der Waals surface area contributed by atoms with Gasteiger partial charge in [-0.05, 0) is 30.3 Å². The largest absolute Gasteiger partial charge is 0.302 e. The Hall–Kier alpha value is -3.16. The first-order valence-electron chi connectivity index (χ1n) is 11.4. The third-order valence-corrected chi connectivity index (χ3v) is 6.97. The van der Waals surface area contributed by atoms with Crippen molar-refractivity contribution in [2.75, 3.05) is 31.1 Å². The molecule has 0 N–H and O–H groups in total. The van der Waals surface area contributed by atoms with Crippen molar-refractivity contribution >= 4 is 32.6 Å². The van der Waals surface area contributed by atoms with Crippen LogP contribution in [0.2, 0.25) is 0 Å². The lowest BCUT2D eigenvalue weighted by molar-refractivity contribution is -0.119. The first-order chi connectivity index (χ1) is 16.5. The number of amides is 1. The summed E-state index contributed by atoms with van der Waals surface area (Å²) in [4.78, 5) is 22.5. The molecule has 4 rings (SSSR count). The number of rotatable bonds is 9. The van der Waals surface area contributed by atoms with Gasteiger partial charge in [-0.3, -0.25) is 9.69 Å². The van der Waals surface area contributed by atoms with E-state index in [0.717, 1.165) is 41.6 Å². The Morgan fingerprint density at radius 3 is 2.06 bits per heavy atom. The zero-order valence-electron chi connectivity index (χ0n) is 19.2. The van der Waals surface area contributed by atoms with Crippen LogP contribution in [0.5, 0.6) is 0 Å². The van der Waals surface area contributed by atoms with Gasteiger partial charge in [0.1, 0.15) is 11.3 Å². The van der Waals surface area contributed by atoms with E-state index >= 15 is 0 Å². The highest BCUT2D eigenvalue weighted by molar-refractivity contribution is 7.22. The van der Waals surface area contributed by atoms with Gasteiger partial charge < -0.3 is 4.90 Å². The van der Waals surface area contributed by atoms with Crippen molar-refractivity contribution in [1.82, 2.24) is 9.88 Å². The molecule has 0 spiro atoms. The number of likely N-dealkylation sites (N-methyl/N-ethyl adjacent to an activating group) is 1. The van der Waals surface area contributed by atoms with E-state index in [4.69, 9.17) is 0 Å². The van der Waals surface area contributed by atoms with Gasteiger partial charge in [0.25, 0.3) is 0 Å². The summed E-state index contributed by atoms with van der Waals surface area (Å²) < 4.78 is 28.6. The maximum atomic E-state index is 14.4. The first kappa shape index (κ1) is 24.0. The summed E-state index contributed by atoms with van der Waals surface area (Å²) in [6.07, 6.45) is 0. The van der Waals surface area contributed by atoms with Crippen LogP contribution < -0.4 is 4.90 Å². The molecule has 1 amide bonds. The van der Waals surface area contributed by atoms with Crippen molar-refractivity contribution in [2.24, 2.45) is 0 Å². The summed E-state index contributed by atoms with van der Waals surface area (Å²) in [7, 11) is 0. The molecule has 0 aliphatic heterocycles. The number of hydrogen-bond acceptors (Lipinski definition) is 4. The van der Waals surface area contributed by atoms with Gasteiger partial charge in [-0.1, -0.05) is 85.8 Å². The number of aromatic nitrogens is 1. The van der Waals surface area contributed by atoms with Crippen LogP contribution >= 0.6 is 11.3 Å². The molecule has 0 saturated heterocycles. The summed E-state index contributed by atoms with van der Waals surface area (Å²) in [5.74, 6) is -2.08. The smallest absolute Gasteiger partial charge is 0.240 e. The second kappa shape index (κ2) is 10.8. The zero-order valence-corrected chi connectivity index (χ0v) is 20.1. The molecule has 4 nitrogen and oxygen atoms in total. The molecule has 0 radical (unpaired) electrons. The Morgan fingerprint density at radius 1 is 0.912 bits per heavy atom. The molecule has 176 valence electrons. The highest BCUT2D eigenvalue weighted by Gasteiger charge is 2.30. The zero-order chi connectivity index (χ0) is 24.1. The van der Waals surface area contributed by atoms with E-state index in [1.165, 1.54) is 6.07 Å². The number of nitrogens with zero attached hydrogens (tertiary/aromatic N) is 3. The van der Waals surface area contributed by atoms with Gasteiger partial charge in [0.05, 0.1) is 10.6 Å². The van der Waals surface area contributed by atoms with Gasteiger partial charge in [-0.15, -0.1) is 0 Å². The fourth-order valence-corrected chi connectivity index (χ4v) is 5.10. The number of thiazole rings is 1. The fraction of sp³-hybridized carbons (Fsp3) is 0.259. The lowest BCUT2D eigenvalue weighted by atomic mass is 9.90. The molecular formula is C27H27F2N3OS. The number of carbonyl (C=O) groups is 1. The number of hydrogen-bond donors (Lipinski definition) is 0. The van der Waals surface area contributed by atoms with Crippen molar-refractivity contribution in [3.8, 4) is 0 Å². The third-order valence-electron chi connectivity index (χ3n) is 5.95. The topological polar surface area (TPSA) is 36.4 Å². The van der Waals surface area contributed by atoms with Crippen LogP contribution in [0.25, 0.3) is 10.2 Å². The van der Waals surface area contributed by atoms with Gasteiger partial charge in [0, 0.05) is 19.2 Å². The van der Waals surface area contributed by atoms with Crippen LogP contribution in [0.15, 0.2) is 72.8 Å². The molecule has 3 aromatic carbocycles. The van der Waals surface area contributed by atoms with E-state index in [2.05, 4.69) is 23.7 Å². The summed E-state index contributed by atoms with van der Waals surface area (Å²) >= 11 is 1.13. The Labute approximate surface area is 202 Å². The average Bonchev–Trinajstić information content (AvgIpc) is 3.27. The van der Waals surface area contributed by atoms with E-state index in [-0.39, 0.29) is 11.4 Å². The normalized spacial score (nSPS) is 11.5. The van der Waals surface area contributed by atoms with Crippen LogP contribution in [0, 0.1) is 11.6 Å². The van der Waals surface area contributed by atoms with E-state index < -0.39 is 17.6 Å². The number of benzene rings is 3. The number of fused-ring (bicyclic) bond motifs is 1. The van der Waals surface area contributed by atoms with Gasteiger partial charge >= 0.3 is 0 Å². The minimum Gasteiger partial charge on any atom is -0.302 e. The molecule has 0 atom stereocenters. The molecule has 1 aromatic heterocycles. The second-order valence-electron chi connectivity index (χ2n) is 8.00. The van der Waals surface area contributed by atoms with Gasteiger partial charge in [-0.2, -0.15) is 0 Å². The monoisotopic (exact) mass is 479 g/mol. The maximum Gasteiger partial charge on any atom is 0.240 e. The Kier molecular flexibility index (Phi) is 7.65. The van der Waals surface area contributed by atoms with Crippen molar-refractivity contribution < 1.29 is 13.6 Å². The number of halogens is 2. The highest BCUT2D eigenvalue weighted by Crippen LogP contribution is 2.34. The highest BCUT2D eigenvalue weighted by atomic mass is 32.1. The summed E-state index contributed by atoms with van der Waals surface area (Å²) in [6, 6.07) is 21.3. The summed E-state index contributed by atoms with van der Waals surface area (Å²) in [5, 5.41) is 0.369. The molecule has 0 aliphatic rings. The van der Waals surface area contributed by atoms with Crippen molar-refractivity contribution in [3.63, 3.8) is 0 Å². The summed E-state index contributed by atoms with van der Waals surface area (Å²) in [5.41, 5.74) is 1.81. The minimum atomic E-state index is -0.726. The minimum absolute atomic E-state index is 0.0815.